The summed E-state index contributed by atoms with van der Waals surface area (Å²) < 4.78 is 10.0. The number of carboxylic acid groups (broad SMARTS) is 1. The van der Waals surface area contributed by atoms with Gasteiger partial charge in [0.2, 0.25) is 5.76 Å². The number of amides is 1. The first-order chi connectivity index (χ1) is 9.08. The van der Waals surface area contributed by atoms with Crippen LogP contribution in [0.15, 0.2) is 30.2 Å². The first-order valence-corrected chi connectivity index (χ1v) is 5.40. The van der Waals surface area contributed by atoms with Crippen molar-refractivity contribution in [2.45, 2.75) is 0 Å². The Morgan fingerprint density at radius 2 is 2.05 bits per heavy atom. The van der Waals surface area contributed by atoms with Crippen molar-refractivity contribution in [1.29, 1.82) is 0 Å². The molecule has 0 aliphatic carbocycles. The number of phenols is 1. The van der Waals surface area contributed by atoms with Crippen molar-refractivity contribution >= 4 is 17.6 Å². The molecule has 1 amide bonds. The van der Waals surface area contributed by atoms with Crippen molar-refractivity contribution in [3.8, 4) is 5.75 Å². The smallest absolute Gasteiger partial charge is 0.339 e. The number of hydrogen-bond donors (Lipinski definition) is 3. The summed E-state index contributed by atoms with van der Waals surface area (Å²) in [4.78, 5) is 22.6. The summed E-state index contributed by atoms with van der Waals surface area (Å²) in [5.41, 5.74) is -0.0668. The molecule has 100 valence electrons. The van der Waals surface area contributed by atoms with Crippen molar-refractivity contribution in [2.75, 3.05) is 18.5 Å². The van der Waals surface area contributed by atoms with Crippen LogP contribution in [-0.2, 0) is 14.3 Å². The van der Waals surface area contributed by atoms with Crippen LogP contribution in [-0.4, -0.2) is 35.3 Å². The minimum absolute atomic E-state index is 0.0104. The molecular formula is C12H11NO6. The van der Waals surface area contributed by atoms with Gasteiger partial charge in [-0.05, 0) is 18.2 Å². The molecule has 2 rings (SSSR count). The summed E-state index contributed by atoms with van der Waals surface area (Å²) in [6.45, 7) is 0.647. The molecule has 0 saturated carbocycles. The molecule has 0 unspecified atom stereocenters. The number of nitrogens with one attached hydrogen (secondary N) is 1. The van der Waals surface area contributed by atoms with E-state index in [0.717, 1.165) is 6.07 Å². The lowest BCUT2D eigenvalue weighted by Gasteiger charge is -2.15. The normalized spacial score (nSPS) is 13.8. The lowest BCUT2D eigenvalue weighted by Crippen LogP contribution is -2.21. The highest BCUT2D eigenvalue weighted by atomic mass is 16.6. The van der Waals surface area contributed by atoms with Gasteiger partial charge >= 0.3 is 5.97 Å². The van der Waals surface area contributed by atoms with Gasteiger partial charge in [-0.3, -0.25) is 4.79 Å². The second-order valence-corrected chi connectivity index (χ2v) is 3.69. The molecule has 0 radical (unpaired) electrons. The molecule has 0 fully saturated rings. The summed E-state index contributed by atoms with van der Waals surface area (Å²) in [5, 5.41) is 20.6. The highest BCUT2D eigenvalue weighted by Gasteiger charge is 2.16. The fourth-order valence-corrected chi connectivity index (χ4v) is 1.47. The Bertz CT molecular complexity index is 551. The zero-order valence-electron chi connectivity index (χ0n) is 9.75. The maximum Gasteiger partial charge on any atom is 0.339 e. The highest BCUT2D eigenvalue weighted by molar-refractivity contribution is 6.03. The van der Waals surface area contributed by atoms with Crippen LogP contribution in [0.2, 0.25) is 0 Å². The molecular weight excluding hydrogens is 254 g/mol. The fourth-order valence-electron chi connectivity index (χ4n) is 1.47. The van der Waals surface area contributed by atoms with Crippen LogP contribution in [0.5, 0.6) is 5.75 Å². The number of ether oxygens (including phenoxy) is 2. The van der Waals surface area contributed by atoms with E-state index in [9.17, 15) is 14.7 Å². The Labute approximate surface area is 108 Å². The number of carboxylic acids is 1. The molecule has 0 saturated heterocycles. The largest absolute Gasteiger partial charge is 0.507 e. The van der Waals surface area contributed by atoms with E-state index in [-0.39, 0.29) is 29.4 Å². The van der Waals surface area contributed by atoms with Gasteiger partial charge in [0.25, 0.3) is 5.91 Å². The summed E-state index contributed by atoms with van der Waals surface area (Å²) in [5.74, 6) is -2.20. The van der Waals surface area contributed by atoms with Gasteiger partial charge in [-0.25, -0.2) is 4.79 Å². The van der Waals surface area contributed by atoms with E-state index in [4.69, 9.17) is 14.6 Å². The Morgan fingerprint density at radius 1 is 1.26 bits per heavy atom. The van der Waals surface area contributed by atoms with Gasteiger partial charge in [-0.2, -0.15) is 0 Å². The van der Waals surface area contributed by atoms with Crippen molar-refractivity contribution in [3.05, 3.63) is 35.8 Å². The van der Waals surface area contributed by atoms with Crippen molar-refractivity contribution < 1.29 is 29.3 Å². The molecule has 1 heterocycles. The van der Waals surface area contributed by atoms with Crippen LogP contribution in [0, 0.1) is 0 Å². The average Bonchev–Trinajstić information content (AvgIpc) is 2.41. The number of hydrogen-bond acceptors (Lipinski definition) is 5. The first kappa shape index (κ1) is 12.7. The predicted molar refractivity (Wildman–Crippen MR) is 63.7 cm³/mol. The number of carbonyl (C=O) groups is 2. The van der Waals surface area contributed by atoms with E-state index < -0.39 is 11.9 Å². The van der Waals surface area contributed by atoms with E-state index in [0.29, 0.717) is 6.61 Å². The Kier molecular flexibility index (Phi) is 3.56. The summed E-state index contributed by atoms with van der Waals surface area (Å²) >= 11 is 0. The molecule has 1 aliphatic rings. The standard InChI is InChI=1S/C12H11NO6/c14-9-2-1-7(5-8(9)12(16)17)13-11(15)10-6-18-3-4-19-10/h1-2,5-6,14H,3-4H2,(H,13,15)(H,16,17). The van der Waals surface area contributed by atoms with E-state index in [1.54, 1.807) is 0 Å². The van der Waals surface area contributed by atoms with Gasteiger partial charge < -0.3 is 25.0 Å². The maximum absolute atomic E-state index is 11.7. The molecule has 7 heteroatoms. The van der Waals surface area contributed by atoms with Gasteiger partial charge in [0, 0.05) is 5.69 Å². The lowest BCUT2D eigenvalue weighted by molar-refractivity contribution is -0.117. The van der Waals surface area contributed by atoms with Crippen molar-refractivity contribution in [2.24, 2.45) is 0 Å². The molecule has 0 spiro atoms. The molecule has 0 atom stereocenters. The van der Waals surface area contributed by atoms with E-state index >= 15 is 0 Å². The Hall–Kier alpha value is -2.70. The van der Waals surface area contributed by atoms with Crippen molar-refractivity contribution in [3.63, 3.8) is 0 Å². The van der Waals surface area contributed by atoms with Gasteiger partial charge in [0.1, 0.15) is 30.8 Å². The third kappa shape index (κ3) is 2.95. The topological polar surface area (TPSA) is 105 Å². The van der Waals surface area contributed by atoms with E-state index in [1.165, 1.54) is 18.4 Å². The summed E-state index contributed by atoms with van der Waals surface area (Å²) in [6, 6.07) is 3.72. The lowest BCUT2D eigenvalue weighted by atomic mass is 10.2. The Balaban J connectivity index is 2.15. The van der Waals surface area contributed by atoms with Gasteiger partial charge in [0.15, 0.2) is 0 Å². The number of benzene rings is 1. The third-order valence-electron chi connectivity index (χ3n) is 2.36. The minimum Gasteiger partial charge on any atom is -0.507 e. The predicted octanol–water partition coefficient (Wildman–Crippen LogP) is 0.917. The van der Waals surface area contributed by atoms with Crippen LogP contribution in [0.25, 0.3) is 0 Å². The SMILES string of the molecule is O=C(Nc1ccc(O)c(C(=O)O)c1)C1=COCCO1. The van der Waals surface area contributed by atoms with Crippen LogP contribution >= 0.6 is 0 Å². The van der Waals surface area contributed by atoms with E-state index in [1.807, 2.05) is 0 Å². The summed E-state index contributed by atoms with van der Waals surface area (Å²) in [7, 11) is 0. The molecule has 0 bridgehead atoms. The zero-order chi connectivity index (χ0) is 13.8. The summed E-state index contributed by atoms with van der Waals surface area (Å²) in [6.07, 6.45) is 1.19. The third-order valence-corrected chi connectivity index (χ3v) is 2.36. The number of carbonyl (C=O) groups excluding carboxylic acids is 1. The zero-order valence-corrected chi connectivity index (χ0v) is 9.75. The molecule has 1 aliphatic heterocycles. The van der Waals surface area contributed by atoms with Crippen LogP contribution in [0.4, 0.5) is 5.69 Å². The first-order valence-electron chi connectivity index (χ1n) is 5.40. The maximum atomic E-state index is 11.7. The second kappa shape index (κ2) is 5.30. The highest BCUT2D eigenvalue weighted by Crippen LogP contribution is 2.22. The second-order valence-electron chi connectivity index (χ2n) is 3.69. The molecule has 3 N–H and O–H groups in total. The molecule has 0 aromatic heterocycles. The van der Waals surface area contributed by atoms with E-state index in [2.05, 4.69) is 5.32 Å². The quantitative estimate of drug-likeness (QED) is 0.702. The molecule has 1 aromatic carbocycles. The van der Waals surface area contributed by atoms with Crippen LogP contribution < -0.4 is 5.32 Å². The fraction of sp³-hybridized carbons (Fsp3) is 0.167. The molecule has 1 aromatic rings. The minimum atomic E-state index is -1.29. The van der Waals surface area contributed by atoms with Crippen LogP contribution in [0.3, 0.4) is 0 Å². The van der Waals surface area contributed by atoms with Crippen molar-refractivity contribution in [1.82, 2.24) is 0 Å². The van der Waals surface area contributed by atoms with Gasteiger partial charge in [-0.15, -0.1) is 0 Å². The number of aromatic carboxylic acids is 1. The van der Waals surface area contributed by atoms with Crippen LogP contribution in [0.1, 0.15) is 10.4 Å². The number of aromatic hydroxyl groups is 1. The van der Waals surface area contributed by atoms with Gasteiger partial charge in [-0.1, -0.05) is 0 Å². The monoisotopic (exact) mass is 265 g/mol. The number of anilines is 1. The van der Waals surface area contributed by atoms with Gasteiger partial charge in [0.05, 0.1) is 0 Å². The molecule has 19 heavy (non-hydrogen) atoms. The average molecular weight is 265 g/mol. The number of rotatable bonds is 3. The molecule has 7 nitrogen and oxygen atoms in total. The Morgan fingerprint density at radius 3 is 2.68 bits per heavy atom.